The number of carboxylic acid groups (broad SMARTS) is 1. The molecule has 172 valence electrons. The summed E-state index contributed by atoms with van der Waals surface area (Å²) in [6.07, 6.45) is 1.21. The van der Waals surface area contributed by atoms with Crippen molar-refractivity contribution in [2.75, 3.05) is 26.2 Å². The number of carbonyl (C=O) groups is 3. The molecule has 11 heteroatoms. The number of halogens is 3. The zero-order valence-electron chi connectivity index (χ0n) is 17.0. The van der Waals surface area contributed by atoms with Gasteiger partial charge in [0.15, 0.2) is 0 Å². The van der Waals surface area contributed by atoms with E-state index in [1.807, 2.05) is 32.7 Å². The Morgan fingerprint density at radius 3 is 2.09 bits per heavy atom. The fraction of sp³-hybridized carbons (Fsp3) is 0.429. The number of carbonyl (C=O) groups excluding carboxylic acids is 2. The summed E-state index contributed by atoms with van der Waals surface area (Å²) in [5, 5.41) is 11.0. The summed E-state index contributed by atoms with van der Waals surface area (Å²) < 4.78 is 31.7. The fourth-order valence-corrected chi connectivity index (χ4v) is 4.57. The zero-order valence-corrected chi connectivity index (χ0v) is 17.9. The second kappa shape index (κ2) is 9.68. The van der Waals surface area contributed by atoms with Gasteiger partial charge < -0.3 is 14.9 Å². The van der Waals surface area contributed by atoms with E-state index in [-0.39, 0.29) is 17.2 Å². The van der Waals surface area contributed by atoms with Crippen LogP contribution in [0.15, 0.2) is 41.4 Å². The van der Waals surface area contributed by atoms with E-state index >= 15 is 0 Å². The van der Waals surface area contributed by atoms with Crippen molar-refractivity contribution in [2.45, 2.75) is 25.4 Å². The molecule has 2 aliphatic heterocycles. The highest BCUT2D eigenvalue weighted by atomic mass is 32.1. The first-order valence-corrected chi connectivity index (χ1v) is 10.9. The van der Waals surface area contributed by atoms with Gasteiger partial charge in [0.1, 0.15) is 0 Å². The van der Waals surface area contributed by atoms with Gasteiger partial charge in [0.2, 0.25) is 0 Å². The highest BCUT2D eigenvalue weighted by Crippen LogP contribution is 2.41. The molecular weight excluding hydrogens is 447 g/mol. The number of likely N-dealkylation sites (tertiary alicyclic amines) is 2. The number of aromatic nitrogens is 1. The first kappa shape index (κ1) is 23.7. The van der Waals surface area contributed by atoms with Crippen molar-refractivity contribution in [3.8, 4) is 0 Å². The van der Waals surface area contributed by atoms with E-state index in [1.54, 1.807) is 29.8 Å². The Balaban J connectivity index is 0.000000360. The summed E-state index contributed by atoms with van der Waals surface area (Å²) in [4.78, 5) is 42.0. The predicted molar refractivity (Wildman–Crippen MR) is 110 cm³/mol. The van der Waals surface area contributed by atoms with Crippen LogP contribution >= 0.6 is 11.3 Å². The van der Waals surface area contributed by atoms with Gasteiger partial charge in [0.05, 0.1) is 11.1 Å². The molecule has 0 unspecified atom stereocenters. The third kappa shape index (κ3) is 5.64. The number of hydrogen-bond donors (Lipinski definition) is 1. The molecule has 1 N–H and O–H groups in total. The number of pyridine rings is 1. The Kier molecular flexibility index (Phi) is 7.17. The third-order valence-corrected chi connectivity index (χ3v) is 6.44. The van der Waals surface area contributed by atoms with E-state index in [0.29, 0.717) is 5.56 Å². The van der Waals surface area contributed by atoms with E-state index in [9.17, 15) is 22.8 Å². The van der Waals surface area contributed by atoms with Crippen molar-refractivity contribution in [1.82, 2.24) is 14.8 Å². The van der Waals surface area contributed by atoms with Crippen LogP contribution in [0.5, 0.6) is 0 Å². The monoisotopic (exact) mass is 469 g/mol. The minimum absolute atomic E-state index is 0.0711. The number of piperidine rings is 1. The first-order valence-electron chi connectivity index (χ1n) is 9.92. The molecule has 0 saturated carbocycles. The molecule has 0 aliphatic carbocycles. The van der Waals surface area contributed by atoms with Crippen LogP contribution in [0.3, 0.4) is 0 Å². The van der Waals surface area contributed by atoms with E-state index in [1.165, 1.54) is 0 Å². The van der Waals surface area contributed by atoms with Crippen LogP contribution in [0, 0.1) is 5.41 Å². The molecule has 0 radical (unpaired) electrons. The normalized spacial score (nSPS) is 17.6. The molecule has 2 aliphatic rings. The number of thiophene rings is 1. The van der Waals surface area contributed by atoms with Crippen molar-refractivity contribution >= 4 is 29.1 Å². The van der Waals surface area contributed by atoms with Crippen LogP contribution in [-0.2, 0) is 4.79 Å². The van der Waals surface area contributed by atoms with E-state index < -0.39 is 12.1 Å². The van der Waals surface area contributed by atoms with Crippen LogP contribution in [0.1, 0.15) is 40.0 Å². The van der Waals surface area contributed by atoms with Gasteiger partial charge in [-0.2, -0.15) is 24.5 Å². The molecule has 32 heavy (non-hydrogen) atoms. The lowest BCUT2D eigenvalue weighted by Crippen LogP contribution is -2.44. The number of carboxylic acids is 1. The zero-order chi connectivity index (χ0) is 23.4. The molecule has 2 aromatic heterocycles. The van der Waals surface area contributed by atoms with Crippen molar-refractivity contribution in [3.63, 3.8) is 0 Å². The van der Waals surface area contributed by atoms with Crippen molar-refractivity contribution < 1.29 is 32.7 Å². The van der Waals surface area contributed by atoms with Crippen LogP contribution < -0.4 is 0 Å². The number of aliphatic carboxylic acids is 1. The standard InChI is InChI=1S/C19H21N3O2S.C2HF3O2/c23-17(15-2-1-7-20-12-15)22-10-6-19(14-22)4-8-21(9-5-19)18(24)16-3-11-25-13-16;3-2(4,5)1(6)7/h1-3,7,11-13H,4-6,8-10,14H2;(H,6,7). The molecule has 7 nitrogen and oxygen atoms in total. The maximum absolute atomic E-state index is 12.6. The van der Waals surface area contributed by atoms with Gasteiger partial charge >= 0.3 is 12.1 Å². The molecule has 2 amide bonds. The summed E-state index contributed by atoms with van der Waals surface area (Å²) in [5.41, 5.74) is 1.62. The van der Waals surface area contributed by atoms with Gasteiger partial charge in [-0.25, -0.2) is 4.79 Å². The maximum Gasteiger partial charge on any atom is 0.490 e. The largest absolute Gasteiger partial charge is 0.490 e. The number of hydrogen-bond acceptors (Lipinski definition) is 5. The quantitative estimate of drug-likeness (QED) is 0.727. The molecule has 0 atom stereocenters. The van der Waals surface area contributed by atoms with Crippen LogP contribution in [-0.4, -0.2) is 70.0 Å². The average Bonchev–Trinajstić information content (AvgIpc) is 3.45. The van der Waals surface area contributed by atoms with Gasteiger partial charge in [-0.3, -0.25) is 14.6 Å². The number of alkyl halides is 3. The van der Waals surface area contributed by atoms with E-state index in [4.69, 9.17) is 9.90 Å². The minimum Gasteiger partial charge on any atom is -0.475 e. The van der Waals surface area contributed by atoms with Gasteiger partial charge in [-0.05, 0) is 48.3 Å². The second-order valence-corrected chi connectivity index (χ2v) is 8.61. The summed E-state index contributed by atoms with van der Waals surface area (Å²) in [6.45, 7) is 3.15. The minimum atomic E-state index is -5.08. The lowest BCUT2D eigenvalue weighted by molar-refractivity contribution is -0.192. The topological polar surface area (TPSA) is 90.8 Å². The van der Waals surface area contributed by atoms with Crippen molar-refractivity contribution in [1.29, 1.82) is 0 Å². The highest BCUT2D eigenvalue weighted by molar-refractivity contribution is 7.08. The molecule has 4 rings (SSSR count). The Hall–Kier alpha value is -2.95. The number of rotatable bonds is 2. The molecule has 2 saturated heterocycles. The lowest BCUT2D eigenvalue weighted by atomic mass is 9.77. The predicted octanol–water partition coefficient (Wildman–Crippen LogP) is 3.54. The van der Waals surface area contributed by atoms with E-state index in [2.05, 4.69) is 4.98 Å². The smallest absolute Gasteiger partial charge is 0.475 e. The third-order valence-electron chi connectivity index (χ3n) is 5.76. The second-order valence-electron chi connectivity index (χ2n) is 7.83. The lowest BCUT2D eigenvalue weighted by Gasteiger charge is -2.39. The highest BCUT2D eigenvalue weighted by Gasteiger charge is 2.43. The summed E-state index contributed by atoms with van der Waals surface area (Å²) in [6, 6.07) is 5.51. The average molecular weight is 469 g/mol. The van der Waals surface area contributed by atoms with Crippen LogP contribution in [0.4, 0.5) is 13.2 Å². The molecule has 0 aromatic carbocycles. The summed E-state index contributed by atoms with van der Waals surface area (Å²) in [5.74, 6) is -2.55. The molecule has 0 bridgehead atoms. The molecule has 2 aromatic rings. The van der Waals surface area contributed by atoms with Gasteiger partial charge in [-0.1, -0.05) is 0 Å². The molecular formula is C21H22F3N3O4S. The van der Waals surface area contributed by atoms with Gasteiger partial charge in [0.25, 0.3) is 11.8 Å². The van der Waals surface area contributed by atoms with Gasteiger partial charge in [-0.15, -0.1) is 0 Å². The SMILES string of the molecule is O=C(O)C(F)(F)F.O=C(c1ccsc1)N1CCC2(CC1)CCN(C(=O)c1cccnc1)C2. The first-order chi connectivity index (χ1) is 15.1. The van der Waals surface area contributed by atoms with Crippen molar-refractivity contribution in [3.05, 3.63) is 52.5 Å². The maximum atomic E-state index is 12.6. The summed E-state index contributed by atoms with van der Waals surface area (Å²) >= 11 is 1.56. The Morgan fingerprint density at radius 2 is 1.59 bits per heavy atom. The molecule has 4 heterocycles. The van der Waals surface area contributed by atoms with E-state index in [0.717, 1.165) is 51.0 Å². The van der Waals surface area contributed by atoms with Gasteiger partial charge in [0, 0.05) is 44.0 Å². The summed E-state index contributed by atoms with van der Waals surface area (Å²) in [7, 11) is 0. The fourth-order valence-electron chi connectivity index (χ4n) is 3.94. The number of amides is 2. The Morgan fingerprint density at radius 1 is 1.00 bits per heavy atom. The Labute approximate surface area is 186 Å². The Bertz CT molecular complexity index is 943. The number of nitrogens with zero attached hydrogens (tertiary/aromatic N) is 3. The molecule has 1 spiro atoms. The van der Waals surface area contributed by atoms with Crippen LogP contribution in [0.25, 0.3) is 0 Å². The van der Waals surface area contributed by atoms with Crippen molar-refractivity contribution in [2.24, 2.45) is 5.41 Å². The molecule has 2 fully saturated rings. The van der Waals surface area contributed by atoms with Crippen LogP contribution in [0.2, 0.25) is 0 Å².